The minimum Gasteiger partial charge on any atom is -0.203 e. The Hall–Kier alpha value is -2.10. The highest BCUT2D eigenvalue weighted by Gasteiger charge is 2.34. The van der Waals surface area contributed by atoms with Crippen LogP contribution in [0.1, 0.15) is 138 Å². The predicted molar refractivity (Wildman–Crippen MR) is 161 cm³/mol. The van der Waals surface area contributed by atoms with Crippen LogP contribution in [0.25, 0.3) is 11.1 Å². The van der Waals surface area contributed by atoms with E-state index < -0.39 is 23.3 Å². The molecule has 0 heterocycles. The molecule has 0 unspecified atom stereocenters. The molecule has 5 rings (SSSR count). The Labute approximate surface area is 245 Å². The van der Waals surface area contributed by atoms with Gasteiger partial charge in [-0.1, -0.05) is 76.7 Å². The minimum absolute atomic E-state index is 0.00772. The van der Waals surface area contributed by atoms with E-state index in [0.717, 1.165) is 38.0 Å². The lowest BCUT2D eigenvalue weighted by molar-refractivity contribution is 0.289. The van der Waals surface area contributed by atoms with Gasteiger partial charge in [0.1, 0.15) is 0 Å². The summed E-state index contributed by atoms with van der Waals surface area (Å²) in [7, 11) is 0. The maximum atomic E-state index is 15.5. The van der Waals surface area contributed by atoms with Gasteiger partial charge in [-0.3, -0.25) is 0 Å². The van der Waals surface area contributed by atoms with Gasteiger partial charge in [0.25, 0.3) is 0 Å². The van der Waals surface area contributed by atoms with Gasteiger partial charge in [-0.25, -0.2) is 17.6 Å². The van der Waals surface area contributed by atoms with Gasteiger partial charge < -0.3 is 0 Å². The first-order valence-electron chi connectivity index (χ1n) is 16.6. The second-order valence-electron chi connectivity index (χ2n) is 13.3. The third-order valence-electron chi connectivity index (χ3n) is 10.4. The van der Waals surface area contributed by atoms with Crippen molar-refractivity contribution in [2.24, 2.45) is 17.8 Å². The monoisotopic (exact) mass is 568 g/mol. The van der Waals surface area contributed by atoms with Crippen molar-refractivity contribution in [1.29, 1.82) is 0 Å². The summed E-state index contributed by atoms with van der Waals surface area (Å²) >= 11 is 0. The van der Waals surface area contributed by atoms with Gasteiger partial charge in [-0.2, -0.15) is 0 Å². The van der Waals surface area contributed by atoms with Gasteiger partial charge in [-0.15, -0.1) is 0 Å². The zero-order chi connectivity index (χ0) is 28.9. The summed E-state index contributed by atoms with van der Waals surface area (Å²) in [6.07, 6.45) is 22.2. The van der Waals surface area contributed by atoms with Crippen molar-refractivity contribution in [3.63, 3.8) is 0 Å². The van der Waals surface area contributed by atoms with Crippen molar-refractivity contribution in [3.8, 4) is 11.1 Å². The van der Waals surface area contributed by atoms with Gasteiger partial charge in [0.2, 0.25) is 0 Å². The van der Waals surface area contributed by atoms with Crippen LogP contribution in [-0.2, 0) is 12.8 Å². The fraction of sp³-hybridized carbons (Fsp3) is 0.622. The Morgan fingerprint density at radius 3 is 2.00 bits per heavy atom. The third kappa shape index (κ3) is 6.78. The van der Waals surface area contributed by atoms with Crippen LogP contribution in [0.5, 0.6) is 0 Å². The molecular weight excluding hydrogens is 520 g/mol. The quantitative estimate of drug-likeness (QED) is 0.123. The first kappa shape index (κ1) is 30.4. The fourth-order valence-corrected chi connectivity index (χ4v) is 7.99. The van der Waals surface area contributed by atoms with E-state index in [1.54, 1.807) is 12.1 Å². The van der Waals surface area contributed by atoms with Gasteiger partial charge in [-0.05, 0) is 117 Å². The van der Waals surface area contributed by atoms with Crippen molar-refractivity contribution in [2.75, 3.05) is 0 Å². The Kier molecular flexibility index (Phi) is 10.3. The molecule has 0 saturated heterocycles. The van der Waals surface area contributed by atoms with Crippen LogP contribution in [0.2, 0.25) is 0 Å². The van der Waals surface area contributed by atoms with Crippen molar-refractivity contribution < 1.29 is 17.6 Å². The zero-order valence-corrected chi connectivity index (χ0v) is 25.2. The SMILES string of the molecule is CCCCCC1CCC(/C=C/CCc2cc3c(c(F)c2F)-c2c(cc(C4CCC(CCC)CC4)c(F)c2F)C3)CC1. The summed E-state index contributed by atoms with van der Waals surface area (Å²) in [5.74, 6) is -1.73. The molecule has 3 aliphatic carbocycles. The molecule has 224 valence electrons. The van der Waals surface area contributed by atoms with E-state index in [2.05, 4.69) is 26.0 Å². The maximum Gasteiger partial charge on any atom is 0.167 e. The molecule has 0 bridgehead atoms. The predicted octanol–water partition coefficient (Wildman–Crippen LogP) is 11.8. The van der Waals surface area contributed by atoms with Crippen LogP contribution in [-0.4, -0.2) is 0 Å². The summed E-state index contributed by atoms with van der Waals surface area (Å²) in [6, 6.07) is 3.44. The molecule has 4 heteroatoms. The molecule has 0 nitrogen and oxygen atoms in total. The highest BCUT2D eigenvalue weighted by Crippen LogP contribution is 2.46. The van der Waals surface area contributed by atoms with Crippen LogP contribution >= 0.6 is 0 Å². The van der Waals surface area contributed by atoms with Crippen LogP contribution < -0.4 is 0 Å². The molecule has 0 aliphatic heterocycles. The van der Waals surface area contributed by atoms with Crippen molar-refractivity contribution in [3.05, 3.63) is 69.8 Å². The average Bonchev–Trinajstić information content (AvgIpc) is 3.35. The van der Waals surface area contributed by atoms with E-state index in [9.17, 15) is 0 Å². The number of halogens is 4. The highest BCUT2D eigenvalue weighted by molar-refractivity contribution is 5.79. The van der Waals surface area contributed by atoms with Crippen LogP contribution in [0.3, 0.4) is 0 Å². The molecule has 0 radical (unpaired) electrons. The van der Waals surface area contributed by atoms with E-state index in [4.69, 9.17) is 0 Å². The maximum absolute atomic E-state index is 15.5. The molecule has 0 N–H and O–H groups in total. The van der Waals surface area contributed by atoms with Gasteiger partial charge >= 0.3 is 0 Å². The zero-order valence-electron chi connectivity index (χ0n) is 25.2. The number of fused-ring (bicyclic) bond motifs is 3. The molecule has 0 spiro atoms. The van der Waals surface area contributed by atoms with E-state index in [-0.39, 0.29) is 17.0 Å². The molecule has 0 aromatic heterocycles. The van der Waals surface area contributed by atoms with Gasteiger partial charge in [0, 0.05) is 11.1 Å². The summed E-state index contributed by atoms with van der Waals surface area (Å²) < 4.78 is 61.4. The molecular formula is C37H48F4. The summed E-state index contributed by atoms with van der Waals surface area (Å²) in [5.41, 5.74) is 1.75. The summed E-state index contributed by atoms with van der Waals surface area (Å²) in [4.78, 5) is 0. The van der Waals surface area contributed by atoms with Crippen LogP contribution in [0, 0.1) is 41.0 Å². The Balaban J connectivity index is 1.23. The second-order valence-corrected chi connectivity index (χ2v) is 13.3. The number of benzene rings is 2. The first-order valence-corrected chi connectivity index (χ1v) is 16.6. The average molecular weight is 569 g/mol. The van der Waals surface area contributed by atoms with Crippen molar-refractivity contribution >= 4 is 0 Å². The Bertz CT molecular complexity index is 1210. The number of hydrogen-bond acceptors (Lipinski definition) is 0. The number of hydrogen-bond donors (Lipinski definition) is 0. The Morgan fingerprint density at radius 2 is 1.32 bits per heavy atom. The molecule has 0 amide bonds. The van der Waals surface area contributed by atoms with E-state index >= 15 is 17.6 Å². The van der Waals surface area contributed by atoms with E-state index in [1.807, 2.05) is 0 Å². The topological polar surface area (TPSA) is 0 Å². The second kappa shape index (κ2) is 13.9. The lowest BCUT2D eigenvalue weighted by atomic mass is 9.76. The smallest absolute Gasteiger partial charge is 0.167 e. The number of unbranched alkanes of at least 4 members (excludes halogenated alkanes) is 2. The van der Waals surface area contributed by atoms with Crippen LogP contribution in [0.15, 0.2) is 24.3 Å². The third-order valence-corrected chi connectivity index (χ3v) is 10.4. The molecule has 2 aromatic rings. The normalized spacial score (nSPS) is 24.1. The number of rotatable bonds is 11. The molecule has 2 aromatic carbocycles. The molecule has 0 atom stereocenters. The lowest BCUT2D eigenvalue weighted by Gasteiger charge is -2.29. The van der Waals surface area contributed by atoms with Crippen LogP contribution in [0.4, 0.5) is 17.6 Å². The summed E-state index contributed by atoms with van der Waals surface area (Å²) in [5, 5.41) is 0. The van der Waals surface area contributed by atoms with Gasteiger partial charge in [0.05, 0.1) is 0 Å². The largest absolute Gasteiger partial charge is 0.203 e. The highest BCUT2D eigenvalue weighted by atomic mass is 19.2. The first-order chi connectivity index (χ1) is 19.9. The Morgan fingerprint density at radius 1 is 0.683 bits per heavy atom. The summed E-state index contributed by atoms with van der Waals surface area (Å²) in [6.45, 7) is 4.43. The molecule has 2 fully saturated rings. The number of aryl methyl sites for hydroxylation is 1. The molecule has 41 heavy (non-hydrogen) atoms. The van der Waals surface area contributed by atoms with E-state index in [1.165, 1.54) is 57.8 Å². The van der Waals surface area contributed by atoms with E-state index in [0.29, 0.717) is 53.4 Å². The van der Waals surface area contributed by atoms with Crippen molar-refractivity contribution in [2.45, 2.75) is 129 Å². The van der Waals surface area contributed by atoms with Gasteiger partial charge in [0.15, 0.2) is 23.3 Å². The standard InChI is InChI=1S/C37H48F4/c1-3-5-6-10-25-13-15-26(16-14-25)11-7-8-12-28-21-29-22-30-23-31(27-19-17-24(9-4-2)18-20-27)35(39)37(41)33(30)32(29)36(40)34(28)38/h7,11,21,23-27H,3-6,8-10,12-20,22H2,1-2H3/b11-7+. The fourth-order valence-electron chi connectivity index (χ4n) is 7.99. The minimum atomic E-state index is -1.03. The number of allylic oxidation sites excluding steroid dienone is 2. The molecule has 3 aliphatic rings. The molecule has 2 saturated carbocycles. The lowest BCUT2D eigenvalue weighted by Crippen LogP contribution is -2.15. The van der Waals surface area contributed by atoms with Crippen molar-refractivity contribution in [1.82, 2.24) is 0 Å².